The Morgan fingerprint density at radius 1 is 1.37 bits per heavy atom. The van der Waals surface area contributed by atoms with Gasteiger partial charge in [-0.1, -0.05) is 24.3 Å². The molecule has 1 aromatic rings. The number of hydrogen-bond acceptors (Lipinski definition) is 1. The lowest BCUT2D eigenvalue weighted by Gasteiger charge is -2.33. The number of rotatable bonds is 3. The molecule has 0 spiro atoms. The van der Waals surface area contributed by atoms with Crippen molar-refractivity contribution >= 4 is 17.5 Å². The normalized spacial score (nSPS) is 18.4. The van der Waals surface area contributed by atoms with Crippen molar-refractivity contribution in [2.24, 2.45) is 5.92 Å². The number of likely N-dealkylation sites (tertiary alicyclic amines) is 1. The SMILES string of the molecule is Cc1ccccc1CC(=O)N1CCC(C(C)Cl)CC1. The summed E-state index contributed by atoms with van der Waals surface area (Å²) in [6.07, 6.45) is 2.59. The lowest BCUT2D eigenvalue weighted by Crippen LogP contribution is -2.40. The molecule has 19 heavy (non-hydrogen) atoms. The number of amides is 1. The second-order valence-electron chi connectivity index (χ2n) is 5.50. The first kappa shape index (κ1) is 14.4. The van der Waals surface area contributed by atoms with Crippen molar-refractivity contribution in [3.8, 4) is 0 Å². The number of alkyl halides is 1. The summed E-state index contributed by atoms with van der Waals surface area (Å²) in [4.78, 5) is 14.3. The van der Waals surface area contributed by atoms with E-state index in [1.165, 1.54) is 5.56 Å². The smallest absolute Gasteiger partial charge is 0.226 e. The van der Waals surface area contributed by atoms with Crippen LogP contribution in [0.4, 0.5) is 0 Å². The standard InChI is InChI=1S/C16H22ClNO/c1-12-5-3-4-6-15(12)11-16(19)18-9-7-14(8-10-18)13(2)17/h3-6,13-14H,7-11H2,1-2H3. The van der Waals surface area contributed by atoms with E-state index in [4.69, 9.17) is 11.6 Å². The molecule has 1 aromatic carbocycles. The van der Waals surface area contributed by atoms with Gasteiger partial charge in [-0.3, -0.25) is 4.79 Å². The third-order valence-corrected chi connectivity index (χ3v) is 4.50. The minimum atomic E-state index is 0.216. The molecule has 1 fully saturated rings. The van der Waals surface area contributed by atoms with Gasteiger partial charge in [-0.15, -0.1) is 11.6 Å². The van der Waals surface area contributed by atoms with Gasteiger partial charge in [-0.25, -0.2) is 0 Å². The molecule has 0 radical (unpaired) electrons. The molecule has 1 saturated heterocycles. The van der Waals surface area contributed by atoms with Crippen LogP contribution in [0.1, 0.15) is 30.9 Å². The first-order valence-electron chi connectivity index (χ1n) is 7.04. The maximum atomic E-state index is 12.3. The molecule has 1 aliphatic heterocycles. The highest BCUT2D eigenvalue weighted by atomic mass is 35.5. The van der Waals surface area contributed by atoms with E-state index in [-0.39, 0.29) is 11.3 Å². The molecule has 0 aliphatic carbocycles. The number of aryl methyl sites for hydroxylation is 1. The molecule has 2 nitrogen and oxygen atoms in total. The van der Waals surface area contributed by atoms with Crippen LogP contribution < -0.4 is 0 Å². The Hall–Kier alpha value is -1.02. The second-order valence-corrected chi connectivity index (χ2v) is 6.19. The van der Waals surface area contributed by atoms with Crippen molar-refractivity contribution < 1.29 is 4.79 Å². The highest BCUT2D eigenvalue weighted by Crippen LogP contribution is 2.24. The summed E-state index contributed by atoms with van der Waals surface area (Å²) < 4.78 is 0. The van der Waals surface area contributed by atoms with Gasteiger partial charge in [0, 0.05) is 18.5 Å². The van der Waals surface area contributed by atoms with Gasteiger partial charge in [0.15, 0.2) is 0 Å². The molecule has 0 saturated carbocycles. The zero-order valence-electron chi connectivity index (χ0n) is 11.7. The zero-order chi connectivity index (χ0) is 13.8. The molecule has 1 heterocycles. The predicted molar refractivity (Wildman–Crippen MR) is 79.5 cm³/mol. The molecule has 1 aliphatic rings. The van der Waals surface area contributed by atoms with Crippen molar-refractivity contribution in [3.63, 3.8) is 0 Å². The number of benzene rings is 1. The minimum Gasteiger partial charge on any atom is -0.342 e. The molecule has 104 valence electrons. The van der Waals surface area contributed by atoms with Gasteiger partial charge in [0.25, 0.3) is 0 Å². The van der Waals surface area contributed by atoms with Gasteiger partial charge in [0.05, 0.1) is 6.42 Å². The van der Waals surface area contributed by atoms with Gasteiger partial charge in [0.1, 0.15) is 0 Å². The monoisotopic (exact) mass is 279 g/mol. The maximum absolute atomic E-state index is 12.3. The largest absolute Gasteiger partial charge is 0.342 e. The van der Waals surface area contributed by atoms with E-state index in [0.29, 0.717) is 12.3 Å². The van der Waals surface area contributed by atoms with Gasteiger partial charge >= 0.3 is 0 Å². The van der Waals surface area contributed by atoms with Crippen LogP contribution in [0.3, 0.4) is 0 Å². The quantitative estimate of drug-likeness (QED) is 0.777. The van der Waals surface area contributed by atoms with Crippen LogP contribution in [0.2, 0.25) is 0 Å². The Balaban J connectivity index is 1.90. The van der Waals surface area contributed by atoms with E-state index in [9.17, 15) is 4.79 Å². The summed E-state index contributed by atoms with van der Waals surface area (Å²) in [6.45, 7) is 5.82. The van der Waals surface area contributed by atoms with Crippen molar-refractivity contribution in [1.82, 2.24) is 4.90 Å². The van der Waals surface area contributed by atoms with Crippen molar-refractivity contribution in [1.29, 1.82) is 0 Å². The van der Waals surface area contributed by atoms with E-state index in [0.717, 1.165) is 31.5 Å². The van der Waals surface area contributed by atoms with Crippen LogP contribution in [-0.4, -0.2) is 29.3 Å². The number of carbonyl (C=O) groups is 1. The molecule has 3 heteroatoms. The van der Waals surface area contributed by atoms with Crippen LogP contribution >= 0.6 is 11.6 Å². The molecule has 1 amide bonds. The fourth-order valence-electron chi connectivity index (χ4n) is 2.69. The lowest BCUT2D eigenvalue weighted by molar-refractivity contribution is -0.131. The van der Waals surface area contributed by atoms with Crippen LogP contribution in [0.25, 0.3) is 0 Å². The number of nitrogens with zero attached hydrogens (tertiary/aromatic N) is 1. The highest BCUT2D eigenvalue weighted by molar-refractivity contribution is 6.20. The molecule has 0 aromatic heterocycles. The Kier molecular flexibility index (Phi) is 4.87. The third kappa shape index (κ3) is 3.73. The van der Waals surface area contributed by atoms with E-state index in [1.807, 2.05) is 23.1 Å². The predicted octanol–water partition coefficient (Wildman–Crippen LogP) is 3.40. The summed E-state index contributed by atoms with van der Waals surface area (Å²) in [5.74, 6) is 0.805. The van der Waals surface area contributed by atoms with E-state index >= 15 is 0 Å². The minimum absolute atomic E-state index is 0.216. The molecular weight excluding hydrogens is 258 g/mol. The summed E-state index contributed by atoms with van der Waals surface area (Å²) >= 11 is 6.13. The lowest BCUT2D eigenvalue weighted by atomic mass is 9.93. The summed E-state index contributed by atoms with van der Waals surface area (Å²) in [6, 6.07) is 8.11. The van der Waals surface area contributed by atoms with Gasteiger partial charge in [0.2, 0.25) is 5.91 Å². The number of hydrogen-bond donors (Lipinski definition) is 0. The van der Waals surface area contributed by atoms with Gasteiger partial charge in [-0.05, 0) is 43.7 Å². The van der Waals surface area contributed by atoms with Crippen LogP contribution in [-0.2, 0) is 11.2 Å². The molecule has 1 unspecified atom stereocenters. The highest BCUT2D eigenvalue weighted by Gasteiger charge is 2.25. The van der Waals surface area contributed by atoms with Crippen LogP contribution in [0.15, 0.2) is 24.3 Å². The molecule has 0 N–H and O–H groups in total. The van der Waals surface area contributed by atoms with Crippen molar-refractivity contribution in [2.75, 3.05) is 13.1 Å². The Morgan fingerprint density at radius 3 is 2.58 bits per heavy atom. The fraction of sp³-hybridized carbons (Fsp3) is 0.562. The molecule has 2 rings (SSSR count). The first-order valence-corrected chi connectivity index (χ1v) is 7.48. The Labute approximate surface area is 120 Å². The first-order chi connectivity index (χ1) is 9.08. The average molecular weight is 280 g/mol. The van der Waals surface area contributed by atoms with Gasteiger partial charge < -0.3 is 4.90 Å². The van der Waals surface area contributed by atoms with Crippen LogP contribution in [0.5, 0.6) is 0 Å². The molecular formula is C16H22ClNO. The van der Waals surface area contributed by atoms with Crippen LogP contribution in [0, 0.1) is 12.8 Å². The van der Waals surface area contributed by atoms with Gasteiger partial charge in [-0.2, -0.15) is 0 Å². The average Bonchev–Trinajstić information content (AvgIpc) is 2.41. The maximum Gasteiger partial charge on any atom is 0.226 e. The number of halogens is 1. The van der Waals surface area contributed by atoms with E-state index < -0.39 is 0 Å². The van der Waals surface area contributed by atoms with E-state index in [2.05, 4.69) is 19.9 Å². The summed E-state index contributed by atoms with van der Waals surface area (Å²) in [5, 5.41) is 0.216. The topological polar surface area (TPSA) is 20.3 Å². The summed E-state index contributed by atoms with van der Waals surface area (Å²) in [5.41, 5.74) is 2.33. The van der Waals surface area contributed by atoms with Crippen molar-refractivity contribution in [2.45, 2.75) is 38.5 Å². The number of piperidine rings is 1. The summed E-state index contributed by atoms with van der Waals surface area (Å²) in [7, 11) is 0. The second kappa shape index (κ2) is 6.42. The molecule has 0 bridgehead atoms. The van der Waals surface area contributed by atoms with E-state index in [1.54, 1.807) is 0 Å². The van der Waals surface area contributed by atoms with Crippen molar-refractivity contribution in [3.05, 3.63) is 35.4 Å². The zero-order valence-corrected chi connectivity index (χ0v) is 12.5. The Morgan fingerprint density at radius 2 is 2.00 bits per heavy atom. The molecule has 1 atom stereocenters. The third-order valence-electron chi connectivity index (χ3n) is 4.14. The number of carbonyl (C=O) groups excluding carboxylic acids is 1. The fourth-order valence-corrected chi connectivity index (χ4v) is 2.94. The Bertz CT molecular complexity index is 436.